The number of rotatable bonds is 5. The molecule has 7 heteroatoms. The molecule has 1 aromatic heterocycles. The molecule has 0 saturated carbocycles. The van der Waals surface area contributed by atoms with E-state index in [1.54, 1.807) is 0 Å². The van der Waals surface area contributed by atoms with E-state index in [-0.39, 0.29) is 18.7 Å². The molecule has 112 valence electrons. The Balaban J connectivity index is 2.36. The van der Waals surface area contributed by atoms with Gasteiger partial charge in [0, 0.05) is 30.4 Å². The minimum Gasteiger partial charge on any atom is -0.330 e. The summed E-state index contributed by atoms with van der Waals surface area (Å²) >= 11 is 0. The number of benzene rings is 1. The number of aromatic nitrogens is 2. The summed E-state index contributed by atoms with van der Waals surface area (Å²) < 4.78 is 28.7. The molecule has 2 aromatic rings. The predicted octanol–water partition coefficient (Wildman–Crippen LogP) is 0.685. The van der Waals surface area contributed by atoms with Crippen LogP contribution < -0.4 is 17.0 Å². The maximum Gasteiger partial charge on any atom is 0.331 e. The zero-order valence-corrected chi connectivity index (χ0v) is 11.3. The molecule has 0 radical (unpaired) electrons. The van der Waals surface area contributed by atoms with Crippen molar-refractivity contribution in [2.24, 2.45) is 5.73 Å². The first kappa shape index (κ1) is 15.1. The molecule has 0 amide bonds. The molecule has 2 rings (SSSR count). The molecule has 0 aliphatic carbocycles. The molecule has 0 spiro atoms. The van der Waals surface area contributed by atoms with E-state index in [0.717, 1.165) is 16.7 Å². The van der Waals surface area contributed by atoms with Gasteiger partial charge in [0.2, 0.25) is 0 Å². The van der Waals surface area contributed by atoms with Gasteiger partial charge in [-0.1, -0.05) is 6.07 Å². The SMILES string of the molecule is NCCCn1c(=O)ccn(Cc2ccc(F)cc2F)c1=O. The van der Waals surface area contributed by atoms with Crippen molar-refractivity contribution in [3.05, 3.63) is 68.5 Å². The Labute approximate surface area is 119 Å². The number of halogens is 2. The molecule has 0 unspecified atom stereocenters. The van der Waals surface area contributed by atoms with Crippen LogP contribution in [-0.4, -0.2) is 15.7 Å². The summed E-state index contributed by atoms with van der Waals surface area (Å²) in [6.07, 6.45) is 1.79. The Morgan fingerprint density at radius 1 is 1.14 bits per heavy atom. The van der Waals surface area contributed by atoms with E-state index in [2.05, 4.69) is 0 Å². The number of nitrogens with zero attached hydrogens (tertiary/aromatic N) is 2. The fourth-order valence-corrected chi connectivity index (χ4v) is 1.97. The summed E-state index contributed by atoms with van der Waals surface area (Å²) in [5, 5.41) is 0. The minimum atomic E-state index is -0.735. The summed E-state index contributed by atoms with van der Waals surface area (Å²) in [6, 6.07) is 4.38. The van der Waals surface area contributed by atoms with Crippen LogP contribution in [0.2, 0.25) is 0 Å². The second-order valence-electron chi connectivity index (χ2n) is 4.59. The van der Waals surface area contributed by atoms with E-state index < -0.39 is 22.9 Å². The van der Waals surface area contributed by atoms with Crippen LogP contribution in [0.3, 0.4) is 0 Å². The third-order valence-electron chi connectivity index (χ3n) is 3.08. The quantitative estimate of drug-likeness (QED) is 0.882. The molecule has 21 heavy (non-hydrogen) atoms. The van der Waals surface area contributed by atoms with E-state index in [9.17, 15) is 18.4 Å². The largest absolute Gasteiger partial charge is 0.331 e. The normalized spacial score (nSPS) is 10.8. The van der Waals surface area contributed by atoms with Crippen LogP contribution in [0.1, 0.15) is 12.0 Å². The topological polar surface area (TPSA) is 70.0 Å². The molecule has 1 heterocycles. The minimum absolute atomic E-state index is 0.0755. The van der Waals surface area contributed by atoms with Gasteiger partial charge in [0.05, 0.1) is 6.54 Å². The molecule has 0 aliphatic rings. The lowest BCUT2D eigenvalue weighted by atomic mass is 10.2. The Bertz CT molecular complexity index is 753. The summed E-state index contributed by atoms with van der Waals surface area (Å²) in [5.41, 5.74) is 4.56. The summed E-state index contributed by atoms with van der Waals surface area (Å²) in [5.74, 6) is -1.42. The first-order chi connectivity index (χ1) is 10.0. The molecule has 0 saturated heterocycles. The Hall–Kier alpha value is -2.28. The van der Waals surface area contributed by atoms with Crippen LogP contribution in [0, 0.1) is 11.6 Å². The molecule has 0 fully saturated rings. The second-order valence-corrected chi connectivity index (χ2v) is 4.59. The number of nitrogens with two attached hydrogens (primary N) is 1. The van der Waals surface area contributed by atoms with Gasteiger partial charge in [-0.15, -0.1) is 0 Å². The third kappa shape index (κ3) is 3.43. The van der Waals surface area contributed by atoms with Crippen molar-refractivity contribution in [2.45, 2.75) is 19.5 Å². The number of hydrogen-bond acceptors (Lipinski definition) is 3. The van der Waals surface area contributed by atoms with Crippen LogP contribution >= 0.6 is 0 Å². The van der Waals surface area contributed by atoms with Crippen LogP contribution in [0.4, 0.5) is 8.78 Å². The van der Waals surface area contributed by atoms with E-state index in [4.69, 9.17) is 5.73 Å². The molecular weight excluding hydrogens is 280 g/mol. The lowest BCUT2D eigenvalue weighted by Gasteiger charge is -2.10. The van der Waals surface area contributed by atoms with Crippen LogP contribution in [0.15, 0.2) is 40.1 Å². The maximum atomic E-state index is 13.6. The van der Waals surface area contributed by atoms with Crippen LogP contribution in [0.5, 0.6) is 0 Å². The highest BCUT2D eigenvalue weighted by Gasteiger charge is 2.08. The smallest absolute Gasteiger partial charge is 0.330 e. The van der Waals surface area contributed by atoms with E-state index in [1.807, 2.05) is 0 Å². The average molecular weight is 295 g/mol. The van der Waals surface area contributed by atoms with Crippen LogP contribution in [0.25, 0.3) is 0 Å². The summed E-state index contributed by atoms with van der Waals surface area (Å²) in [6.45, 7) is 0.488. The molecule has 1 aromatic carbocycles. The molecule has 0 bridgehead atoms. The molecule has 2 N–H and O–H groups in total. The van der Waals surface area contributed by atoms with E-state index in [0.29, 0.717) is 13.0 Å². The van der Waals surface area contributed by atoms with Crippen molar-refractivity contribution in [3.8, 4) is 0 Å². The van der Waals surface area contributed by atoms with Gasteiger partial charge in [-0.2, -0.15) is 0 Å². The van der Waals surface area contributed by atoms with Crippen molar-refractivity contribution >= 4 is 0 Å². The van der Waals surface area contributed by atoms with Crippen molar-refractivity contribution in [1.82, 2.24) is 9.13 Å². The standard InChI is InChI=1S/C14H15F2N3O2/c15-11-3-2-10(12(16)8-11)9-18-7-4-13(20)19(14(18)21)6-1-5-17/h2-4,7-8H,1,5-6,9,17H2. The molecule has 5 nitrogen and oxygen atoms in total. The highest BCUT2D eigenvalue weighted by atomic mass is 19.1. The number of hydrogen-bond donors (Lipinski definition) is 1. The van der Waals surface area contributed by atoms with Crippen molar-refractivity contribution < 1.29 is 8.78 Å². The summed E-state index contributed by atoms with van der Waals surface area (Å²) in [7, 11) is 0. The van der Waals surface area contributed by atoms with Gasteiger partial charge in [-0.25, -0.2) is 13.6 Å². The third-order valence-corrected chi connectivity index (χ3v) is 3.08. The second kappa shape index (κ2) is 6.45. The molecule has 0 aliphatic heterocycles. The monoisotopic (exact) mass is 295 g/mol. The zero-order valence-electron chi connectivity index (χ0n) is 11.3. The highest BCUT2D eigenvalue weighted by Crippen LogP contribution is 2.10. The first-order valence-electron chi connectivity index (χ1n) is 6.47. The van der Waals surface area contributed by atoms with Gasteiger partial charge in [-0.05, 0) is 19.0 Å². The maximum absolute atomic E-state index is 13.6. The van der Waals surface area contributed by atoms with Gasteiger partial charge >= 0.3 is 5.69 Å². The molecule has 0 atom stereocenters. The fourth-order valence-electron chi connectivity index (χ4n) is 1.97. The Kier molecular flexibility index (Phi) is 4.64. The zero-order chi connectivity index (χ0) is 15.4. The lowest BCUT2D eigenvalue weighted by molar-refractivity contribution is 0.536. The first-order valence-corrected chi connectivity index (χ1v) is 6.47. The highest BCUT2D eigenvalue weighted by molar-refractivity contribution is 5.18. The lowest BCUT2D eigenvalue weighted by Crippen LogP contribution is -2.39. The fraction of sp³-hybridized carbons (Fsp3) is 0.286. The van der Waals surface area contributed by atoms with Crippen LogP contribution in [-0.2, 0) is 13.1 Å². The van der Waals surface area contributed by atoms with E-state index >= 15 is 0 Å². The van der Waals surface area contributed by atoms with Crippen molar-refractivity contribution in [3.63, 3.8) is 0 Å². The van der Waals surface area contributed by atoms with Gasteiger partial charge in [0.1, 0.15) is 11.6 Å². The Morgan fingerprint density at radius 2 is 1.90 bits per heavy atom. The van der Waals surface area contributed by atoms with Crippen molar-refractivity contribution in [2.75, 3.05) is 6.54 Å². The summed E-state index contributed by atoms with van der Waals surface area (Å²) in [4.78, 5) is 23.8. The van der Waals surface area contributed by atoms with Gasteiger partial charge in [-0.3, -0.25) is 13.9 Å². The molecular formula is C14H15F2N3O2. The van der Waals surface area contributed by atoms with Crippen molar-refractivity contribution in [1.29, 1.82) is 0 Å². The van der Waals surface area contributed by atoms with E-state index in [1.165, 1.54) is 22.9 Å². The Morgan fingerprint density at radius 3 is 2.57 bits per heavy atom. The van der Waals surface area contributed by atoms with Gasteiger partial charge in [0.15, 0.2) is 0 Å². The average Bonchev–Trinajstić information content (AvgIpc) is 2.44. The predicted molar refractivity (Wildman–Crippen MR) is 74.1 cm³/mol. The van der Waals surface area contributed by atoms with Gasteiger partial charge < -0.3 is 5.73 Å². The van der Waals surface area contributed by atoms with Gasteiger partial charge in [0.25, 0.3) is 5.56 Å².